The number of hydrogen-bond acceptors (Lipinski definition) is 7. The van der Waals surface area contributed by atoms with Gasteiger partial charge in [0.05, 0.1) is 25.1 Å². The van der Waals surface area contributed by atoms with Crippen molar-refractivity contribution in [2.24, 2.45) is 11.8 Å². The molecule has 0 bridgehead atoms. The number of piperidine rings is 1. The first kappa shape index (κ1) is 15.6. The molecule has 130 valence electrons. The van der Waals surface area contributed by atoms with Gasteiger partial charge >= 0.3 is 6.01 Å². The maximum absolute atomic E-state index is 6.04. The monoisotopic (exact) mass is 332 g/mol. The van der Waals surface area contributed by atoms with E-state index in [0.717, 1.165) is 44.8 Å². The van der Waals surface area contributed by atoms with Crippen molar-refractivity contribution in [3.63, 3.8) is 0 Å². The van der Waals surface area contributed by atoms with E-state index in [1.54, 1.807) is 4.52 Å². The molecule has 0 amide bonds. The number of fused-ring (bicyclic) bond motifs is 1. The van der Waals surface area contributed by atoms with Gasteiger partial charge in [-0.15, -0.1) is 5.10 Å². The molecule has 2 aliphatic rings. The van der Waals surface area contributed by atoms with E-state index in [9.17, 15) is 0 Å². The molecule has 24 heavy (non-hydrogen) atoms. The van der Waals surface area contributed by atoms with Crippen LogP contribution in [0.5, 0.6) is 6.01 Å². The van der Waals surface area contributed by atoms with E-state index in [1.807, 2.05) is 6.20 Å². The minimum atomic E-state index is 0.303. The molecule has 0 aromatic carbocycles. The Bertz CT molecular complexity index is 691. The van der Waals surface area contributed by atoms with Crippen molar-refractivity contribution in [3.8, 4) is 6.01 Å². The number of imidazole rings is 1. The molecule has 4 heterocycles. The fourth-order valence-electron chi connectivity index (χ4n) is 3.39. The predicted molar refractivity (Wildman–Crippen MR) is 88.9 cm³/mol. The van der Waals surface area contributed by atoms with Gasteiger partial charge in [0, 0.05) is 12.5 Å². The van der Waals surface area contributed by atoms with Crippen LogP contribution in [-0.2, 0) is 11.2 Å². The molecule has 8 heteroatoms. The Hall–Kier alpha value is -1.93. The summed E-state index contributed by atoms with van der Waals surface area (Å²) in [7, 11) is 0. The molecule has 2 aromatic heterocycles. The van der Waals surface area contributed by atoms with E-state index in [4.69, 9.17) is 15.2 Å². The van der Waals surface area contributed by atoms with Gasteiger partial charge in [-0.05, 0) is 44.7 Å². The molecule has 4 rings (SSSR count). The van der Waals surface area contributed by atoms with Crippen LogP contribution in [0, 0.1) is 11.8 Å². The summed E-state index contributed by atoms with van der Waals surface area (Å²) >= 11 is 0. The van der Waals surface area contributed by atoms with E-state index in [0.29, 0.717) is 35.9 Å². The molecule has 0 aliphatic carbocycles. The minimum Gasteiger partial charge on any atom is -0.462 e. The van der Waals surface area contributed by atoms with E-state index in [2.05, 4.69) is 20.4 Å². The van der Waals surface area contributed by atoms with Gasteiger partial charge in [-0.1, -0.05) is 0 Å². The molecular formula is C16H24N6O2. The van der Waals surface area contributed by atoms with Crippen LogP contribution in [0.3, 0.4) is 0 Å². The number of nitrogens with zero attached hydrogens (tertiary/aromatic N) is 4. The molecule has 2 saturated heterocycles. The first-order valence-electron chi connectivity index (χ1n) is 8.71. The van der Waals surface area contributed by atoms with Gasteiger partial charge in [0.2, 0.25) is 0 Å². The second-order valence-electron chi connectivity index (χ2n) is 6.72. The molecule has 2 aliphatic heterocycles. The van der Waals surface area contributed by atoms with Crippen LogP contribution in [0.1, 0.15) is 25.0 Å². The highest BCUT2D eigenvalue weighted by atomic mass is 16.5. The van der Waals surface area contributed by atoms with Gasteiger partial charge < -0.3 is 20.5 Å². The average Bonchev–Trinajstić information content (AvgIpc) is 3.23. The summed E-state index contributed by atoms with van der Waals surface area (Å²) in [4.78, 5) is 8.83. The summed E-state index contributed by atoms with van der Waals surface area (Å²) in [5, 5.41) is 7.79. The first-order chi connectivity index (χ1) is 11.8. The van der Waals surface area contributed by atoms with Crippen LogP contribution in [0.4, 0.5) is 5.82 Å². The molecule has 0 spiro atoms. The summed E-state index contributed by atoms with van der Waals surface area (Å²) in [5.74, 6) is 1.44. The van der Waals surface area contributed by atoms with Gasteiger partial charge in [-0.2, -0.15) is 4.98 Å². The molecule has 0 saturated carbocycles. The zero-order chi connectivity index (χ0) is 16.4. The lowest BCUT2D eigenvalue weighted by atomic mass is 9.93. The smallest absolute Gasteiger partial charge is 0.336 e. The lowest BCUT2D eigenvalue weighted by molar-refractivity contribution is 0.163. The Morgan fingerprint density at radius 3 is 2.92 bits per heavy atom. The highest BCUT2D eigenvalue weighted by Gasteiger charge is 2.19. The second-order valence-corrected chi connectivity index (χ2v) is 6.72. The van der Waals surface area contributed by atoms with Crippen molar-refractivity contribution in [2.45, 2.75) is 25.7 Å². The van der Waals surface area contributed by atoms with Gasteiger partial charge in [-0.3, -0.25) is 0 Å². The van der Waals surface area contributed by atoms with Crippen molar-refractivity contribution >= 4 is 11.5 Å². The Morgan fingerprint density at radius 2 is 2.12 bits per heavy atom. The topological polar surface area (TPSA) is 99.6 Å². The summed E-state index contributed by atoms with van der Waals surface area (Å²) in [6.45, 7) is 4.27. The minimum absolute atomic E-state index is 0.303. The number of nitrogen functional groups attached to an aromatic ring is 1. The number of aromatic nitrogens is 4. The molecule has 2 aromatic rings. The Morgan fingerprint density at radius 1 is 1.25 bits per heavy atom. The number of rotatable bonds is 5. The lowest BCUT2D eigenvalue weighted by Gasteiger charge is -2.21. The van der Waals surface area contributed by atoms with Crippen molar-refractivity contribution < 1.29 is 9.47 Å². The fraction of sp³-hybridized carbons (Fsp3) is 0.688. The molecule has 3 N–H and O–H groups in total. The maximum Gasteiger partial charge on any atom is 0.336 e. The highest BCUT2D eigenvalue weighted by molar-refractivity contribution is 5.59. The Labute approximate surface area is 140 Å². The number of hydrogen-bond donors (Lipinski definition) is 2. The molecule has 2 fully saturated rings. The Balaban J connectivity index is 1.47. The SMILES string of the molecule is Nc1nc(OCC2CCOC2)nn2cc(CC3CCNCC3)nc12. The maximum atomic E-state index is 6.04. The van der Waals surface area contributed by atoms with Crippen molar-refractivity contribution in [1.82, 2.24) is 24.9 Å². The van der Waals surface area contributed by atoms with Gasteiger partial charge in [0.1, 0.15) is 0 Å². The molecular weight excluding hydrogens is 308 g/mol. The van der Waals surface area contributed by atoms with Crippen molar-refractivity contribution in [2.75, 3.05) is 38.6 Å². The summed E-state index contributed by atoms with van der Waals surface area (Å²) < 4.78 is 12.7. The number of anilines is 1. The van der Waals surface area contributed by atoms with Crippen molar-refractivity contribution in [3.05, 3.63) is 11.9 Å². The van der Waals surface area contributed by atoms with Crippen LogP contribution in [0.2, 0.25) is 0 Å². The molecule has 8 nitrogen and oxygen atoms in total. The zero-order valence-corrected chi connectivity index (χ0v) is 13.8. The largest absolute Gasteiger partial charge is 0.462 e. The number of nitrogens with one attached hydrogen (secondary N) is 1. The summed E-state index contributed by atoms with van der Waals surface area (Å²) in [5.41, 5.74) is 7.66. The van der Waals surface area contributed by atoms with E-state index >= 15 is 0 Å². The molecule has 1 atom stereocenters. The lowest BCUT2D eigenvalue weighted by Crippen LogP contribution is -2.28. The zero-order valence-electron chi connectivity index (χ0n) is 13.8. The van der Waals surface area contributed by atoms with Crippen LogP contribution in [-0.4, -0.2) is 52.5 Å². The van der Waals surface area contributed by atoms with Crippen LogP contribution in [0.15, 0.2) is 6.20 Å². The van der Waals surface area contributed by atoms with E-state index in [1.165, 1.54) is 12.8 Å². The van der Waals surface area contributed by atoms with Crippen LogP contribution >= 0.6 is 0 Å². The van der Waals surface area contributed by atoms with Crippen LogP contribution in [0.25, 0.3) is 5.65 Å². The van der Waals surface area contributed by atoms with Gasteiger partial charge in [0.15, 0.2) is 11.5 Å². The highest BCUT2D eigenvalue weighted by Crippen LogP contribution is 2.20. The van der Waals surface area contributed by atoms with Gasteiger partial charge in [-0.25, -0.2) is 9.50 Å². The summed E-state index contributed by atoms with van der Waals surface area (Å²) in [6.07, 6.45) is 6.30. The molecule has 1 unspecified atom stereocenters. The third-order valence-corrected chi connectivity index (χ3v) is 4.80. The number of ether oxygens (including phenoxy) is 2. The van der Waals surface area contributed by atoms with E-state index < -0.39 is 0 Å². The first-order valence-corrected chi connectivity index (χ1v) is 8.71. The Kier molecular flexibility index (Phi) is 4.48. The predicted octanol–water partition coefficient (Wildman–Crippen LogP) is 0.664. The second kappa shape index (κ2) is 6.90. The van der Waals surface area contributed by atoms with Crippen molar-refractivity contribution in [1.29, 1.82) is 0 Å². The summed E-state index contributed by atoms with van der Waals surface area (Å²) in [6, 6.07) is 0.303. The number of nitrogens with two attached hydrogens (primary N) is 1. The fourth-order valence-corrected chi connectivity index (χ4v) is 3.39. The third-order valence-electron chi connectivity index (χ3n) is 4.80. The van der Waals surface area contributed by atoms with Crippen LogP contribution < -0.4 is 15.8 Å². The third kappa shape index (κ3) is 3.44. The average molecular weight is 332 g/mol. The van der Waals surface area contributed by atoms with E-state index in [-0.39, 0.29) is 0 Å². The van der Waals surface area contributed by atoms with Gasteiger partial charge in [0.25, 0.3) is 0 Å². The standard InChI is InChI=1S/C16H24N6O2/c17-14-15-19-13(7-11-1-4-18-5-2-11)8-22(15)21-16(20-14)24-10-12-3-6-23-9-12/h8,11-12,18H,1-7,9-10H2,(H2,17,20,21). The normalized spacial score (nSPS) is 22.2. The molecule has 0 radical (unpaired) electrons. The quantitative estimate of drug-likeness (QED) is 0.830.